The predicted molar refractivity (Wildman–Crippen MR) is 118 cm³/mol. The zero-order valence-corrected chi connectivity index (χ0v) is 19.1. The number of ether oxygens (including phenoxy) is 2. The molecule has 3 aromatic rings. The summed E-state index contributed by atoms with van der Waals surface area (Å²) in [6.07, 6.45) is -0.946. The van der Waals surface area contributed by atoms with Crippen molar-refractivity contribution < 1.29 is 19.1 Å². The summed E-state index contributed by atoms with van der Waals surface area (Å²) >= 11 is 1.41. The van der Waals surface area contributed by atoms with Crippen LogP contribution in [0.15, 0.2) is 29.6 Å². The number of esters is 1. The van der Waals surface area contributed by atoms with E-state index in [2.05, 4.69) is 15.4 Å². The van der Waals surface area contributed by atoms with Crippen LogP contribution < -0.4 is 10.1 Å². The van der Waals surface area contributed by atoms with Crippen LogP contribution in [-0.4, -0.2) is 32.7 Å². The van der Waals surface area contributed by atoms with E-state index >= 15 is 0 Å². The standard InChI is InChI=1S/C22H26N4O4S/c1-13-6-8-18(9-7-13)29-11-19-23-17(12-31-19)10-20(27)30-16(4)22(28)24-21-14(2)25-26(5)15(21)3/h6-9,12,16H,10-11H2,1-5H3,(H,24,28). The lowest BCUT2D eigenvalue weighted by atomic mass is 10.2. The van der Waals surface area contributed by atoms with Gasteiger partial charge in [0.1, 0.15) is 17.4 Å². The molecule has 1 amide bonds. The normalized spacial score (nSPS) is 11.8. The predicted octanol–water partition coefficient (Wildman–Crippen LogP) is 3.49. The summed E-state index contributed by atoms with van der Waals surface area (Å²) in [6.45, 7) is 7.54. The summed E-state index contributed by atoms with van der Waals surface area (Å²) in [5, 5.41) is 9.59. The lowest BCUT2D eigenvalue weighted by molar-refractivity contribution is -0.152. The fourth-order valence-corrected chi connectivity index (χ4v) is 3.60. The first-order valence-corrected chi connectivity index (χ1v) is 10.7. The Morgan fingerprint density at radius 1 is 1.19 bits per heavy atom. The highest BCUT2D eigenvalue weighted by Gasteiger charge is 2.21. The van der Waals surface area contributed by atoms with Gasteiger partial charge in [-0.2, -0.15) is 5.10 Å². The fourth-order valence-electron chi connectivity index (χ4n) is 2.90. The van der Waals surface area contributed by atoms with E-state index in [0.29, 0.717) is 23.7 Å². The Hall–Kier alpha value is -3.20. The first kappa shape index (κ1) is 22.5. The number of benzene rings is 1. The van der Waals surface area contributed by atoms with E-state index in [0.717, 1.165) is 22.0 Å². The number of nitrogens with zero attached hydrogens (tertiary/aromatic N) is 3. The first-order valence-electron chi connectivity index (χ1n) is 9.86. The van der Waals surface area contributed by atoms with Gasteiger partial charge in [0.25, 0.3) is 5.91 Å². The Morgan fingerprint density at radius 3 is 2.55 bits per heavy atom. The smallest absolute Gasteiger partial charge is 0.312 e. The highest BCUT2D eigenvalue weighted by molar-refractivity contribution is 7.09. The first-order chi connectivity index (χ1) is 14.7. The topological polar surface area (TPSA) is 95.3 Å². The number of hydrogen-bond acceptors (Lipinski definition) is 7. The Balaban J connectivity index is 1.48. The average molecular weight is 443 g/mol. The SMILES string of the molecule is Cc1ccc(OCc2nc(CC(=O)OC(C)C(=O)Nc3c(C)nn(C)c3C)cs2)cc1. The van der Waals surface area contributed by atoms with Crippen molar-refractivity contribution in [3.8, 4) is 5.75 Å². The molecule has 164 valence electrons. The largest absolute Gasteiger partial charge is 0.486 e. The molecule has 0 radical (unpaired) electrons. The van der Waals surface area contributed by atoms with Gasteiger partial charge < -0.3 is 14.8 Å². The molecular formula is C22H26N4O4S. The number of carbonyl (C=O) groups is 2. The number of aromatic nitrogens is 3. The second kappa shape index (κ2) is 9.74. The van der Waals surface area contributed by atoms with E-state index in [4.69, 9.17) is 9.47 Å². The van der Waals surface area contributed by atoms with E-state index in [1.807, 2.05) is 45.0 Å². The van der Waals surface area contributed by atoms with Crippen molar-refractivity contribution in [3.63, 3.8) is 0 Å². The highest BCUT2D eigenvalue weighted by atomic mass is 32.1. The minimum absolute atomic E-state index is 0.0103. The zero-order valence-electron chi connectivity index (χ0n) is 18.3. The number of carbonyl (C=O) groups excluding carboxylic acids is 2. The van der Waals surface area contributed by atoms with Crippen LogP contribution in [0.3, 0.4) is 0 Å². The van der Waals surface area contributed by atoms with Crippen LogP contribution in [0.1, 0.15) is 34.6 Å². The molecule has 3 rings (SSSR count). The minimum Gasteiger partial charge on any atom is -0.486 e. The quantitative estimate of drug-likeness (QED) is 0.537. The lowest BCUT2D eigenvalue weighted by Gasteiger charge is -2.13. The summed E-state index contributed by atoms with van der Waals surface area (Å²) in [6, 6.07) is 7.77. The number of aryl methyl sites for hydroxylation is 3. The van der Waals surface area contributed by atoms with Gasteiger partial charge >= 0.3 is 5.97 Å². The van der Waals surface area contributed by atoms with Crippen molar-refractivity contribution >= 4 is 28.9 Å². The maximum atomic E-state index is 12.4. The molecule has 9 heteroatoms. The van der Waals surface area contributed by atoms with E-state index in [1.165, 1.54) is 18.3 Å². The van der Waals surface area contributed by atoms with Gasteiger partial charge in [0.15, 0.2) is 6.10 Å². The van der Waals surface area contributed by atoms with Crippen molar-refractivity contribution in [2.75, 3.05) is 5.32 Å². The highest BCUT2D eigenvalue weighted by Crippen LogP contribution is 2.19. The molecule has 0 aliphatic rings. The Labute approximate surface area is 185 Å². The van der Waals surface area contributed by atoms with Crippen LogP contribution in [0.5, 0.6) is 5.75 Å². The third-order valence-corrected chi connectivity index (χ3v) is 5.61. The summed E-state index contributed by atoms with van der Waals surface area (Å²) in [5.74, 6) is -0.155. The molecule has 0 saturated heterocycles. The third kappa shape index (κ3) is 5.91. The summed E-state index contributed by atoms with van der Waals surface area (Å²) in [7, 11) is 1.80. The number of anilines is 1. The molecule has 0 fully saturated rings. The molecular weight excluding hydrogens is 416 g/mol. The van der Waals surface area contributed by atoms with Gasteiger partial charge in [0, 0.05) is 12.4 Å². The summed E-state index contributed by atoms with van der Waals surface area (Å²) in [5.41, 5.74) is 3.91. The molecule has 2 heterocycles. The molecule has 1 atom stereocenters. The average Bonchev–Trinajstić information content (AvgIpc) is 3.26. The van der Waals surface area contributed by atoms with Crippen molar-refractivity contribution in [1.29, 1.82) is 0 Å². The van der Waals surface area contributed by atoms with Crippen molar-refractivity contribution in [2.45, 2.75) is 46.8 Å². The number of thiazole rings is 1. The molecule has 1 N–H and O–H groups in total. The number of hydrogen-bond donors (Lipinski definition) is 1. The van der Waals surface area contributed by atoms with Crippen LogP contribution in [0.2, 0.25) is 0 Å². The van der Waals surface area contributed by atoms with Crippen molar-refractivity contribution in [2.24, 2.45) is 7.05 Å². The third-order valence-electron chi connectivity index (χ3n) is 4.74. The van der Waals surface area contributed by atoms with Gasteiger partial charge in [-0.1, -0.05) is 17.7 Å². The van der Waals surface area contributed by atoms with E-state index < -0.39 is 18.0 Å². The van der Waals surface area contributed by atoms with Crippen molar-refractivity contribution in [3.05, 3.63) is 57.3 Å². The molecule has 31 heavy (non-hydrogen) atoms. The van der Waals surface area contributed by atoms with Crippen LogP contribution in [-0.2, 0) is 34.4 Å². The van der Waals surface area contributed by atoms with Crippen molar-refractivity contribution in [1.82, 2.24) is 14.8 Å². The molecule has 8 nitrogen and oxygen atoms in total. The molecule has 0 saturated carbocycles. The fraction of sp³-hybridized carbons (Fsp3) is 0.364. The van der Waals surface area contributed by atoms with Gasteiger partial charge in [-0.3, -0.25) is 14.3 Å². The van der Waals surface area contributed by atoms with E-state index in [9.17, 15) is 9.59 Å². The molecule has 0 aliphatic carbocycles. The van der Waals surface area contributed by atoms with Gasteiger partial charge in [-0.25, -0.2) is 4.98 Å². The second-order valence-corrected chi connectivity index (χ2v) is 8.24. The van der Waals surface area contributed by atoms with Gasteiger partial charge in [0.05, 0.1) is 29.2 Å². The maximum Gasteiger partial charge on any atom is 0.312 e. The van der Waals surface area contributed by atoms with Crippen LogP contribution >= 0.6 is 11.3 Å². The molecule has 0 bridgehead atoms. The number of nitrogens with one attached hydrogen (secondary N) is 1. The summed E-state index contributed by atoms with van der Waals surface area (Å²) in [4.78, 5) is 29.1. The van der Waals surface area contributed by atoms with Gasteiger partial charge in [-0.15, -0.1) is 11.3 Å². The molecule has 1 unspecified atom stereocenters. The molecule has 2 aromatic heterocycles. The van der Waals surface area contributed by atoms with E-state index in [1.54, 1.807) is 17.1 Å². The molecule has 0 spiro atoms. The minimum atomic E-state index is -0.936. The Kier molecular flexibility index (Phi) is 7.06. The molecule has 1 aromatic carbocycles. The van der Waals surface area contributed by atoms with Gasteiger partial charge in [-0.05, 0) is 39.8 Å². The van der Waals surface area contributed by atoms with Crippen LogP contribution in [0.25, 0.3) is 0 Å². The summed E-state index contributed by atoms with van der Waals surface area (Å²) < 4.78 is 12.7. The van der Waals surface area contributed by atoms with E-state index in [-0.39, 0.29) is 6.42 Å². The molecule has 0 aliphatic heterocycles. The number of rotatable bonds is 8. The zero-order chi connectivity index (χ0) is 22.5. The van der Waals surface area contributed by atoms with Crippen LogP contribution in [0.4, 0.5) is 5.69 Å². The van der Waals surface area contributed by atoms with Crippen LogP contribution in [0, 0.1) is 20.8 Å². The Bertz CT molecular complexity index is 1070. The number of amides is 1. The second-order valence-electron chi connectivity index (χ2n) is 7.30. The monoisotopic (exact) mass is 442 g/mol. The maximum absolute atomic E-state index is 12.4. The lowest BCUT2D eigenvalue weighted by Crippen LogP contribution is -2.30. The van der Waals surface area contributed by atoms with Gasteiger partial charge in [0.2, 0.25) is 0 Å². The Morgan fingerprint density at radius 2 is 1.90 bits per heavy atom.